The first-order valence-corrected chi connectivity index (χ1v) is 28.8. The largest absolute Gasteiger partial charge is 0.465 e. The molecule has 0 bridgehead atoms. The average molecular weight is 1230 g/mol. The van der Waals surface area contributed by atoms with Crippen LogP contribution in [0.3, 0.4) is 0 Å². The predicted octanol–water partition coefficient (Wildman–Crippen LogP) is 7.26. The molecule has 0 aromatic heterocycles. The van der Waals surface area contributed by atoms with Crippen molar-refractivity contribution in [2.24, 2.45) is 23.7 Å². The minimum atomic E-state index is -0.879. The first-order valence-electron chi connectivity index (χ1n) is 28.8. The summed E-state index contributed by atoms with van der Waals surface area (Å²) < 4.78 is 62.9. The molecule has 24 nitrogen and oxygen atoms in total. The summed E-state index contributed by atoms with van der Waals surface area (Å²) in [6.45, 7) is 9.33. The third-order valence-corrected chi connectivity index (χ3v) is 13.7. The van der Waals surface area contributed by atoms with Gasteiger partial charge in [0.05, 0.1) is 75.8 Å². The summed E-state index contributed by atoms with van der Waals surface area (Å²) in [6, 6.07) is 17.2. The van der Waals surface area contributed by atoms with Gasteiger partial charge in [-0.1, -0.05) is 44.0 Å². The normalized spacial score (nSPS) is 15.9. The fourth-order valence-electron chi connectivity index (χ4n) is 8.84. The molecule has 0 spiro atoms. The van der Waals surface area contributed by atoms with Gasteiger partial charge in [-0.15, -0.1) is 0 Å². The van der Waals surface area contributed by atoms with Crippen LogP contribution in [0.15, 0.2) is 105 Å². The highest BCUT2D eigenvalue weighted by Gasteiger charge is 2.35. The number of esters is 12. The van der Waals surface area contributed by atoms with Gasteiger partial charge in [0.25, 0.3) is 0 Å². The van der Waals surface area contributed by atoms with Gasteiger partial charge >= 0.3 is 71.6 Å². The highest BCUT2D eigenvalue weighted by Crippen LogP contribution is 2.35. The minimum absolute atomic E-state index is 0.0236. The number of carbonyl (C=O) groups is 12. The van der Waals surface area contributed by atoms with E-state index in [1.807, 2.05) is 0 Å². The third-order valence-electron chi connectivity index (χ3n) is 13.7. The zero-order valence-corrected chi connectivity index (χ0v) is 48.8. The molecule has 2 aliphatic rings. The summed E-state index contributed by atoms with van der Waals surface area (Å²) in [6.07, 6.45) is 6.03. The molecular weight excluding hydrogens is 1150 g/mol. The summed E-state index contributed by atoms with van der Waals surface area (Å²) in [7, 11) is 0. The standard InChI is InChI=1S/C64H72O24/c1-4-53(65)77-33-7-8-34-84-64(76)51-41-50(87-62(74)46-15-13-44(14-16-46)60(72)85-48-21-9-42(10-22-48)31-35-78-56(68)27-29-58(70)82-39-37-80-54(66)5-2)25-26-52(51)88-63(75)47-19-17-45(18-20-47)61(73)86-49-23-11-43(12-24-49)32-36-79-57(69)28-30-59(71)83-40-38-81-55(67)6-3/h4-6,9-12,21-26,41,44-47H,1-3,7-8,13-20,27-40H2/t44-,45-,46-,47-. The second-order valence-corrected chi connectivity index (χ2v) is 20.1. The number of carbonyl (C=O) groups excluding carboxylic acids is 12. The lowest BCUT2D eigenvalue weighted by Gasteiger charge is -2.26. The van der Waals surface area contributed by atoms with Crippen molar-refractivity contribution in [1.82, 2.24) is 0 Å². The zero-order chi connectivity index (χ0) is 63.6. The van der Waals surface area contributed by atoms with E-state index in [0.29, 0.717) is 75.7 Å². The Balaban J connectivity index is 1.04. The van der Waals surface area contributed by atoms with Crippen LogP contribution in [0.4, 0.5) is 0 Å². The monoisotopic (exact) mass is 1220 g/mol. The maximum absolute atomic E-state index is 13.6. The molecule has 0 atom stereocenters. The van der Waals surface area contributed by atoms with Crippen molar-refractivity contribution >= 4 is 71.6 Å². The van der Waals surface area contributed by atoms with E-state index in [4.69, 9.17) is 56.8 Å². The number of rotatable bonds is 35. The number of hydrogen-bond donors (Lipinski definition) is 0. The van der Waals surface area contributed by atoms with E-state index in [1.165, 1.54) is 18.2 Å². The van der Waals surface area contributed by atoms with Crippen LogP contribution < -0.4 is 18.9 Å². The van der Waals surface area contributed by atoms with Gasteiger partial charge in [-0.2, -0.15) is 0 Å². The van der Waals surface area contributed by atoms with Crippen LogP contribution in [-0.2, 0) is 103 Å². The second-order valence-electron chi connectivity index (χ2n) is 20.1. The minimum Gasteiger partial charge on any atom is -0.465 e. The molecule has 2 aliphatic carbocycles. The molecule has 88 heavy (non-hydrogen) atoms. The van der Waals surface area contributed by atoms with E-state index < -0.39 is 95.3 Å². The number of hydrogen-bond acceptors (Lipinski definition) is 24. The molecule has 5 rings (SSSR count). The van der Waals surface area contributed by atoms with E-state index in [-0.39, 0.29) is 108 Å². The fourth-order valence-corrected chi connectivity index (χ4v) is 8.84. The summed E-state index contributed by atoms with van der Waals surface area (Å²) in [5.74, 6) is -9.26. The van der Waals surface area contributed by atoms with Crippen molar-refractivity contribution in [3.05, 3.63) is 121 Å². The van der Waals surface area contributed by atoms with Crippen molar-refractivity contribution in [1.29, 1.82) is 0 Å². The molecule has 0 amide bonds. The van der Waals surface area contributed by atoms with Crippen molar-refractivity contribution in [3.63, 3.8) is 0 Å². The zero-order valence-electron chi connectivity index (χ0n) is 48.8. The lowest BCUT2D eigenvalue weighted by Crippen LogP contribution is -2.31. The number of benzene rings is 3. The first-order chi connectivity index (χ1) is 42.4. The molecule has 472 valence electrons. The van der Waals surface area contributed by atoms with Crippen LogP contribution in [0.5, 0.6) is 23.0 Å². The predicted molar refractivity (Wildman–Crippen MR) is 305 cm³/mol. The van der Waals surface area contributed by atoms with Gasteiger partial charge in [-0.25, -0.2) is 19.2 Å². The first kappa shape index (κ1) is 69.3. The van der Waals surface area contributed by atoms with Gasteiger partial charge < -0.3 is 56.8 Å². The Bertz CT molecular complexity index is 2930. The average Bonchev–Trinajstić information content (AvgIpc) is 2.32. The summed E-state index contributed by atoms with van der Waals surface area (Å²) in [4.78, 5) is 148. The van der Waals surface area contributed by atoms with E-state index in [1.54, 1.807) is 48.5 Å². The van der Waals surface area contributed by atoms with Gasteiger partial charge in [-0.3, -0.25) is 38.4 Å². The van der Waals surface area contributed by atoms with Crippen molar-refractivity contribution in [3.8, 4) is 23.0 Å². The Kier molecular flexibility index (Phi) is 29.8. The molecule has 0 saturated heterocycles. The Morgan fingerprint density at radius 1 is 0.352 bits per heavy atom. The number of ether oxygens (including phenoxy) is 12. The van der Waals surface area contributed by atoms with Crippen molar-refractivity contribution < 1.29 is 114 Å². The fraction of sp³-hybridized carbons (Fsp3) is 0.438. The number of unbranched alkanes of at least 4 members (excludes halogenated alkanes) is 1. The molecule has 24 heteroatoms. The quantitative estimate of drug-likeness (QED) is 0.0184. The lowest BCUT2D eigenvalue weighted by atomic mass is 9.82. The molecule has 0 unspecified atom stereocenters. The highest BCUT2D eigenvalue weighted by atomic mass is 16.6. The smallest absolute Gasteiger partial charge is 0.342 e. The van der Waals surface area contributed by atoms with Crippen LogP contribution in [0.2, 0.25) is 0 Å². The second kappa shape index (κ2) is 37.8. The van der Waals surface area contributed by atoms with Gasteiger partial charge in [0, 0.05) is 31.1 Å². The van der Waals surface area contributed by atoms with Crippen molar-refractivity contribution in [2.45, 2.75) is 103 Å². The molecule has 0 aliphatic heterocycles. The molecular formula is C64H72O24. The SMILES string of the molecule is C=CC(=O)OCCCCOC(=O)c1cc(OC(=O)[C@H]2CC[C@H](C(=O)Oc3ccc(CCOC(=O)CCC(=O)OCCOC(=O)C=C)cc3)CC2)ccc1OC(=O)[C@H]1CC[C@H](C(=O)Oc2ccc(CCOC(=O)CCC(=O)OCCOC(=O)C=C)cc2)CC1. The van der Waals surface area contributed by atoms with E-state index in [0.717, 1.165) is 29.4 Å². The maximum Gasteiger partial charge on any atom is 0.342 e. The molecule has 0 heterocycles. The third kappa shape index (κ3) is 25.6. The van der Waals surface area contributed by atoms with Crippen molar-refractivity contribution in [2.75, 3.05) is 52.9 Å². The Morgan fingerprint density at radius 2 is 0.659 bits per heavy atom. The van der Waals surface area contributed by atoms with Gasteiger partial charge in [-0.05, 0) is 118 Å². The van der Waals surface area contributed by atoms with Crippen LogP contribution in [0, 0.1) is 23.7 Å². The topological polar surface area (TPSA) is 316 Å². The molecule has 2 fully saturated rings. The molecule has 2 saturated carbocycles. The van der Waals surface area contributed by atoms with Gasteiger partial charge in [0.15, 0.2) is 0 Å². The van der Waals surface area contributed by atoms with E-state index >= 15 is 0 Å². The summed E-state index contributed by atoms with van der Waals surface area (Å²) in [5, 5.41) is 0. The van der Waals surface area contributed by atoms with E-state index in [9.17, 15) is 57.5 Å². The van der Waals surface area contributed by atoms with Gasteiger partial charge in [0.1, 0.15) is 55.0 Å². The molecule has 3 aromatic rings. The molecule has 0 radical (unpaired) electrons. The Hall–Kier alpha value is -9.48. The lowest BCUT2D eigenvalue weighted by molar-refractivity contribution is -0.152. The Labute approximate surface area is 508 Å². The van der Waals surface area contributed by atoms with E-state index in [2.05, 4.69) is 19.7 Å². The van der Waals surface area contributed by atoms with Gasteiger partial charge in [0.2, 0.25) is 0 Å². The van der Waals surface area contributed by atoms with Crippen LogP contribution in [0.25, 0.3) is 0 Å². The Morgan fingerprint density at radius 3 is 1.03 bits per heavy atom. The maximum atomic E-state index is 13.6. The summed E-state index contributed by atoms with van der Waals surface area (Å²) in [5.41, 5.74) is 1.39. The van der Waals surface area contributed by atoms with Crippen LogP contribution in [0.1, 0.15) is 111 Å². The summed E-state index contributed by atoms with van der Waals surface area (Å²) >= 11 is 0. The molecule has 3 aromatic carbocycles. The van der Waals surface area contributed by atoms with Crippen LogP contribution >= 0.6 is 0 Å². The van der Waals surface area contributed by atoms with Crippen LogP contribution in [-0.4, -0.2) is 124 Å². The molecule has 0 N–H and O–H groups in total. The highest BCUT2D eigenvalue weighted by molar-refractivity contribution is 5.94.